The van der Waals surface area contributed by atoms with Gasteiger partial charge in [-0.3, -0.25) is 0 Å². The van der Waals surface area contributed by atoms with Crippen LogP contribution in [0.5, 0.6) is 0 Å². The molecule has 0 aromatic carbocycles. The van der Waals surface area contributed by atoms with E-state index in [-0.39, 0.29) is 0 Å². The van der Waals surface area contributed by atoms with Gasteiger partial charge in [0.25, 0.3) is 0 Å². The van der Waals surface area contributed by atoms with Crippen LogP contribution in [0.1, 0.15) is 20.3 Å². The molecule has 0 aliphatic heterocycles. The molecule has 0 aliphatic carbocycles. The van der Waals surface area contributed by atoms with Crippen LogP contribution in [-0.2, 0) is 24.7 Å². The van der Waals surface area contributed by atoms with Gasteiger partial charge in [0.05, 0.1) is 0 Å². The molecule has 0 aliphatic rings. The summed E-state index contributed by atoms with van der Waals surface area (Å²) in [4.78, 5) is 0. The van der Waals surface area contributed by atoms with Crippen molar-refractivity contribution in [3.63, 3.8) is 0 Å². The molecule has 0 saturated carbocycles. The fourth-order valence-electron chi connectivity index (χ4n) is 0.0745. The predicted octanol–water partition coefficient (Wildman–Crippen LogP) is 1.26. The molecule has 36 valence electrons. The molecule has 0 heterocycles. The first-order valence-electron chi connectivity index (χ1n) is 2.11. The van der Waals surface area contributed by atoms with Gasteiger partial charge in [0, 0.05) is 0 Å². The van der Waals surface area contributed by atoms with Crippen LogP contribution >= 0.6 is 0 Å². The SMILES string of the molecule is CCC(C)[O][Nb]. The summed E-state index contributed by atoms with van der Waals surface area (Å²) < 4.78 is 4.95. The molecule has 1 nitrogen and oxygen atoms in total. The Morgan fingerprint density at radius 1 is 1.83 bits per heavy atom. The molecule has 0 radical (unpaired) electrons. The first-order valence-corrected chi connectivity index (χ1v) is 3.01. The number of hydrogen-bond acceptors (Lipinski definition) is 1. The third-order valence-electron chi connectivity index (χ3n) is 0.755. The quantitative estimate of drug-likeness (QED) is 0.561. The molecule has 6 heavy (non-hydrogen) atoms. The molecular formula is C4H9NbO. The van der Waals surface area contributed by atoms with Gasteiger partial charge in [-0.2, -0.15) is 0 Å². The summed E-state index contributed by atoms with van der Waals surface area (Å²) in [7, 11) is 0. The van der Waals surface area contributed by atoms with Crippen LogP contribution in [0.3, 0.4) is 0 Å². The van der Waals surface area contributed by atoms with E-state index < -0.39 is 0 Å². The van der Waals surface area contributed by atoms with Crippen molar-refractivity contribution in [2.24, 2.45) is 0 Å². The molecule has 0 fully saturated rings. The van der Waals surface area contributed by atoms with E-state index in [1.165, 1.54) is 21.5 Å². The Morgan fingerprint density at radius 3 is 2.33 bits per heavy atom. The minimum absolute atomic E-state index is 0.457. The summed E-state index contributed by atoms with van der Waals surface area (Å²) in [6.07, 6.45) is 1.58. The summed E-state index contributed by atoms with van der Waals surface area (Å²) >= 11 is 1.43. The zero-order valence-corrected chi connectivity index (χ0v) is 6.34. The van der Waals surface area contributed by atoms with E-state index in [2.05, 4.69) is 13.8 Å². The van der Waals surface area contributed by atoms with Crippen LogP contribution in [-0.4, -0.2) is 6.10 Å². The molecule has 2 heteroatoms. The van der Waals surface area contributed by atoms with Crippen molar-refractivity contribution < 1.29 is 24.7 Å². The Hall–Kier alpha value is 0.700. The topological polar surface area (TPSA) is 9.23 Å². The Balaban J connectivity index is 2.75. The van der Waals surface area contributed by atoms with E-state index in [0.29, 0.717) is 6.10 Å². The molecule has 0 rings (SSSR count). The van der Waals surface area contributed by atoms with Crippen LogP contribution in [0.2, 0.25) is 0 Å². The molecule has 1 atom stereocenters. The van der Waals surface area contributed by atoms with Gasteiger partial charge >= 0.3 is 51.1 Å². The Kier molecular flexibility index (Phi) is 4.33. The van der Waals surface area contributed by atoms with Gasteiger partial charge in [0.2, 0.25) is 0 Å². The normalized spacial score (nSPS) is 14.3. The first-order chi connectivity index (χ1) is 2.81. The summed E-state index contributed by atoms with van der Waals surface area (Å²) in [5, 5.41) is 0. The first kappa shape index (κ1) is 6.70. The standard InChI is InChI=1S/C4H9O.Nb/c1-3-4(2)5;/h4H,3H2,1-2H3;/q-1;+1. The Morgan fingerprint density at radius 2 is 2.33 bits per heavy atom. The maximum absolute atomic E-state index is 4.95. The van der Waals surface area contributed by atoms with Crippen LogP contribution in [0.15, 0.2) is 0 Å². The second kappa shape index (κ2) is 3.88. The number of hydrogen-bond donors (Lipinski definition) is 0. The predicted molar refractivity (Wildman–Crippen MR) is 20.8 cm³/mol. The average molecular weight is 166 g/mol. The van der Waals surface area contributed by atoms with E-state index in [4.69, 9.17) is 3.24 Å². The average Bonchev–Trinajstić information content (AvgIpc) is 1.65. The molecule has 0 saturated heterocycles. The Labute approximate surface area is 51.5 Å². The molecule has 1 unspecified atom stereocenters. The van der Waals surface area contributed by atoms with E-state index in [0.717, 1.165) is 6.42 Å². The second-order valence-corrected chi connectivity index (χ2v) is 1.84. The van der Waals surface area contributed by atoms with E-state index in [1.54, 1.807) is 0 Å². The van der Waals surface area contributed by atoms with Crippen molar-refractivity contribution >= 4 is 0 Å². The molecule has 0 bridgehead atoms. The van der Waals surface area contributed by atoms with Gasteiger partial charge in [-0.1, -0.05) is 0 Å². The number of rotatable bonds is 2. The minimum atomic E-state index is 0.457. The summed E-state index contributed by atoms with van der Waals surface area (Å²) in [6.45, 7) is 4.18. The third-order valence-corrected chi connectivity index (χ3v) is 1.64. The molecule has 0 aromatic heterocycles. The van der Waals surface area contributed by atoms with Crippen LogP contribution < -0.4 is 0 Å². The van der Waals surface area contributed by atoms with Crippen molar-refractivity contribution in [2.45, 2.75) is 26.4 Å². The van der Waals surface area contributed by atoms with Gasteiger partial charge < -0.3 is 0 Å². The second-order valence-electron chi connectivity index (χ2n) is 1.32. The molecule has 0 spiro atoms. The fraction of sp³-hybridized carbons (Fsp3) is 1.00. The fourth-order valence-corrected chi connectivity index (χ4v) is 0.441. The van der Waals surface area contributed by atoms with Gasteiger partial charge in [-0.15, -0.1) is 0 Å². The van der Waals surface area contributed by atoms with Crippen molar-refractivity contribution in [3.05, 3.63) is 0 Å². The zero-order chi connectivity index (χ0) is 4.99. The van der Waals surface area contributed by atoms with E-state index >= 15 is 0 Å². The summed E-state index contributed by atoms with van der Waals surface area (Å²) in [5.74, 6) is 0. The monoisotopic (exact) mass is 166 g/mol. The van der Waals surface area contributed by atoms with Gasteiger partial charge in [0.1, 0.15) is 0 Å². The van der Waals surface area contributed by atoms with Crippen LogP contribution in [0.4, 0.5) is 0 Å². The molecule has 0 N–H and O–H groups in total. The van der Waals surface area contributed by atoms with Gasteiger partial charge in [-0.25, -0.2) is 0 Å². The van der Waals surface area contributed by atoms with Crippen LogP contribution in [0.25, 0.3) is 0 Å². The van der Waals surface area contributed by atoms with Crippen molar-refractivity contribution in [3.8, 4) is 0 Å². The van der Waals surface area contributed by atoms with Gasteiger partial charge in [-0.05, 0) is 0 Å². The van der Waals surface area contributed by atoms with Crippen LogP contribution in [0, 0.1) is 0 Å². The molecule has 0 amide bonds. The molecule has 0 aromatic rings. The third kappa shape index (κ3) is 2.91. The maximum atomic E-state index is 4.95. The van der Waals surface area contributed by atoms with E-state index in [1.807, 2.05) is 0 Å². The van der Waals surface area contributed by atoms with Crippen molar-refractivity contribution in [1.29, 1.82) is 0 Å². The van der Waals surface area contributed by atoms with Gasteiger partial charge in [0.15, 0.2) is 0 Å². The van der Waals surface area contributed by atoms with Crippen molar-refractivity contribution in [1.82, 2.24) is 0 Å². The Bertz CT molecular complexity index is 26.7. The summed E-state index contributed by atoms with van der Waals surface area (Å²) in [5.41, 5.74) is 0. The zero-order valence-electron chi connectivity index (χ0n) is 4.14. The van der Waals surface area contributed by atoms with E-state index in [9.17, 15) is 0 Å². The summed E-state index contributed by atoms with van der Waals surface area (Å²) in [6, 6.07) is 0. The molecular weight excluding hydrogens is 157 g/mol. The van der Waals surface area contributed by atoms with Crippen molar-refractivity contribution in [2.75, 3.05) is 0 Å².